The maximum atomic E-state index is 12.6. The molecular formula is C19H24N4O3. The van der Waals surface area contributed by atoms with Gasteiger partial charge in [-0.1, -0.05) is 6.42 Å². The van der Waals surface area contributed by atoms with Gasteiger partial charge in [0.05, 0.1) is 18.7 Å². The third-order valence-corrected chi connectivity index (χ3v) is 5.74. The molecule has 3 atom stereocenters. The van der Waals surface area contributed by atoms with Crippen LogP contribution in [0.3, 0.4) is 0 Å². The first-order valence-electron chi connectivity index (χ1n) is 9.19. The van der Waals surface area contributed by atoms with Gasteiger partial charge in [0.25, 0.3) is 5.56 Å². The predicted molar refractivity (Wildman–Crippen MR) is 98.2 cm³/mol. The molecule has 0 spiro atoms. The Kier molecular flexibility index (Phi) is 4.63. The molecule has 0 radical (unpaired) electrons. The summed E-state index contributed by atoms with van der Waals surface area (Å²) in [4.78, 5) is 25.0. The number of carbonyl (C=O) groups excluding carboxylic acids is 1. The number of aromatic nitrogens is 2. The van der Waals surface area contributed by atoms with E-state index < -0.39 is 0 Å². The van der Waals surface area contributed by atoms with Gasteiger partial charge in [-0.3, -0.25) is 9.59 Å². The van der Waals surface area contributed by atoms with Crippen LogP contribution < -0.4 is 20.9 Å². The first-order chi connectivity index (χ1) is 12.7. The first-order valence-corrected chi connectivity index (χ1v) is 9.19. The number of benzene rings is 1. The Bertz CT molecular complexity index is 863. The highest BCUT2D eigenvalue weighted by atomic mass is 16.5. The molecule has 138 valence electrons. The number of hydrogen-bond acceptors (Lipinski definition) is 5. The fourth-order valence-electron chi connectivity index (χ4n) is 4.29. The van der Waals surface area contributed by atoms with E-state index in [9.17, 15) is 9.59 Å². The zero-order valence-electron chi connectivity index (χ0n) is 14.9. The number of rotatable bonds is 5. The van der Waals surface area contributed by atoms with Gasteiger partial charge < -0.3 is 15.4 Å². The summed E-state index contributed by atoms with van der Waals surface area (Å²) >= 11 is 0. The number of amides is 1. The van der Waals surface area contributed by atoms with Crippen LogP contribution in [0.25, 0.3) is 10.8 Å². The Morgan fingerprint density at radius 1 is 1.42 bits per heavy atom. The lowest BCUT2D eigenvalue weighted by molar-refractivity contribution is -0.122. The minimum absolute atomic E-state index is 0.0680. The summed E-state index contributed by atoms with van der Waals surface area (Å²) in [5.41, 5.74) is -0.282. The van der Waals surface area contributed by atoms with Gasteiger partial charge in [-0.05, 0) is 49.4 Å². The van der Waals surface area contributed by atoms with E-state index in [-0.39, 0.29) is 18.0 Å². The van der Waals surface area contributed by atoms with Crippen LogP contribution in [-0.4, -0.2) is 41.9 Å². The molecule has 4 rings (SSSR count). The SMILES string of the molecule is COc1ccc2cnn(CC(=O)NCC3C4CCCC3NC4)c(=O)c2c1. The highest BCUT2D eigenvalue weighted by Gasteiger charge is 2.38. The second-order valence-corrected chi connectivity index (χ2v) is 7.23. The van der Waals surface area contributed by atoms with E-state index >= 15 is 0 Å². The Labute approximate surface area is 151 Å². The highest BCUT2D eigenvalue weighted by Crippen LogP contribution is 2.34. The largest absolute Gasteiger partial charge is 0.497 e. The van der Waals surface area contributed by atoms with E-state index in [1.165, 1.54) is 23.9 Å². The van der Waals surface area contributed by atoms with Crippen LogP contribution in [0.1, 0.15) is 19.3 Å². The van der Waals surface area contributed by atoms with Crippen LogP contribution in [0.4, 0.5) is 0 Å². The average Bonchev–Trinajstić information content (AvgIpc) is 2.88. The van der Waals surface area contributed by atoms with Crippen molar-refractivity contribution in [2.75, 3.05) is 20.2 Å². The van der Waals surface area contributed by atoms with Crippen LogP contribution in [0.2, 0.25) is 0 Å². The number of nitrogens with one attached hydrogen (secondary N) is 2. The van der Waals surface area contributed by atoms with Gasteiger partial charge in [-0.25, -0.2) is 4.68 Å². The standard InChI is InChI=1S/C19H24N4O3/c1-26-14-6-5-13-9-22-23(19(25)15(13)7-14)11-18(24)21-10-16-12-3-2-4-17(16)20-8-12/h5-7,9,12,16-17,20H,2-4,8,10-11H2,1H3,(H,21,24). The zero-order valence-corrected chi connectivity index (χ0v) is 14.9. The van der Waals surface area contributed by atoms with Gasteiger partial charge in [0.15, 0.2) is 0 Å². The van der Waals surface area contributed by atoms with Crippen molar-refractivity contribution < 1.29 is 9.53 Å². The number of fused-ring (bicyclic) bond motifs is 3. The fourth-order valence-corrected chi connectivity index (χ4v) is 4.29. The maximum Gasteiger partial charge on any atom is 0.275 e. The van der Waals surface area contributed by atoms with Crippen LogP contribution >= 0.6 is 0 Å². The highest BCUT2D eigenvalue weighted by molar-refractivity contribution is 5.82. The molecule has 1 aromatic heterocycles. The van der Waals surface area contributed by atoms with Gasteiger partial charge >= 0.3 is 0 Å². The van der Waals surface area contributed by atoms with Crippen LogP contribution in [0.15, 0.2) is 29.2 Å². The summed E-state index contributed by atoms with van der Waals surface area (Å²) in [6.07, 6.45) is 5.30. The van der Waals surface area contributed by atoms with Crippen LogP contribution in [-0.2, 0) is 11.3 Å². The summed E-state index contributed by atoms with van der Waals surface area (Å²) in [7, 11) is 1.56. The molecule has 1 aliphatic heterocycles. The lowest BCUT2D eigenvalue weighted by Gasteiger charge is -2.29. The van der Waals surface area contributed by atoms with Gasteiger partial charge in [0.1, 0.15) is 12.3 Å². The van der Waals surface area contributed by atoms with Crippen molar-refractivity contribution in [2.24, 2.45) is 11.8 Å². The van der Waals surface area contributed by atoms with Crippen molar-refractivity contribution in [2.45, 2.75) is 31.8 Å². The molecule has 7 heteroatoms. The van der Waals surface area contributed by atoms with Crippen molar-refractivity contribution in [1.82, 2.24) is 20.4 Å². The molecule has 1 aromatic carbocycles. The summed E-state index contributed by atoms with van der Waals surface area (Å²) in [6, 6.07) is 5.77. The first kappa shape index (κ1) is 17.0. The molecule has 1 saturated carbocycles. The minimum Gasteiger partial charge on any atom is -0.497 e. The predicted octanol–water partition coefficient (Wildman–Crippen LogP) is 0.909. The molecule has 2 bridgehead atoms. The number of nitrogens with zero attached hydrogens (tertiary/aromatic N) is 2. The fraction of sp³-hybridized carbons (Fsp3) is 0.526. The summed E-state index contributed by atoms with van der Waals surface area (Å²) < 4.78 is 6.39. The van der Waals surface area contributed by atoms with Gasteiger partial charge in [0.2, 0.25) is 5.91 Å². The number of methoxy groups -OCH3 is 1. The normalized spacial score (nSPS) is 24.6. The van der Waals surface area contributed by atoms with Gasteiger partial charge in [-0.15, -0.1) is 0 Å². The molecule has 2 N–H and O–H groups in total. The van der Waals surface area contributed by atoms with Crippen LogP contribution in [0.5, 0.6) is 5.75 Å². The lowest BCUT2D eigenvalue weighted by Crippen LogP contribution is -2.41. The number of hydrogen-bond donors (Lipinski definition) is 2. The Morgan fingerprint density at radius 3 is 3.12 bits per heavy atom. The molecule has 1 amide bonds. The van der Waals surface area contributed by atoms with Gasteiger partial charge in [0, 0.05) is 18.0 Å². The molecule has 26 heavy (non-hydrogen) atoms. The Hall–Kier alpha value is -2.41. The van der Waals surface area contributed by atoms with Crippen molar-refractivity contribution >= 4 is 16.7 Å². The number of carbonyl (C=O) groups is 1. The molecule has 2 heterocycles. The smallest absolute Gasteiger partial charge is 0.275 e. The van der Waals surface area contributed by atoms with E-state index in [1.807, 2.05) is 0 Å². The number of ether oxygens (including phenoxy) is 1. The minimum atomic E-state index is -0.282. The van der Waals surface area contributed by atoms with E-state index in [4.69, 9.17) is 4.74 Å². The quantitative estimate of drug-likeness (QED) is 0.832. The molecule has 2 aliphatic rings. The van der Waals surface area contributed by atoms with Crippen molar-refractivity contribution in [3.8, 4) is 5.75 Å². The molecule has 2 fully saturated rings. The molecule has 1 aliphatic carbocycles. The van der Waals surface area contributed by atoms with Gasteiger partial charge in [-0.2, -0.15) is 5.10 Å². The van der Waals surface area contributed by atoms with Crippen LogP contribution in [0, 0.1) is 11.8 Å². The second-order valence-electron chi connectivity index (χ2n) is 7.23. The molecule has 2 aromatic rings. The molecular weight excluding hydrogens is 332 g/mol. The summed E-state index contributed by atoms with van der Waals surface area (Å²) in [5.74, 6) is 1.59. The Morgan fingerprint density at radius 2 is 2.31 bits per heavy atom. The summed E-state index contributed by atoms with van der Waals surface area (Å²) in [5, 5.41) is 11.9. The second kappa shape index (κ2) is 7.07. The topological polar surface area (TPSA) is 85.2 Å². The molecule has 3 unspecified atom stereocenters. The lowest BCUT2D eigenvalue weighted by atomic mass is 9.80. The van der Waals surface area contributed by atoms with Crippen molar-refractivity contribution in [1.29, 1.82) is 0 Å². The monoisotopic (exact) mass is 356 g/mol. The zero-order chi connectivity index (χ0) is 18.1. The van der Waals surface area contributed by atoms with E-state index in [2.05, 4.69) is 15.7 Å². The summed E-state index contributed by atoms with van der Waals surface area (Å²) in [6.45, 7) is 1.65. The third kappa shape index (κ3) is 3.19. The van der Waals surface area contributed by atoms with E-state index in [0.717, 1.165) is 11.9 Å². The molecule has 7 nitrogen and oxygen atoms in total. The van der Waals surface area contributed by atoms with E-state index in [1.54, 1.807) is 31.5 Å². The van der Waals surface area contributed by atoms with Crippen molar-refractivity contribution in [3.63, 3.8) is 0 Å². The maximum absolute atomic E-state index is 12.6. The third-order valence-electron chi connectivity index (χ3n) is 5.74. The molecule has 1 saturated heterocycles. The van der Waals surface area contributed by atoms with Crippen molar-refractivity contribution in [3.05, 3.63) is 34.7 Å². The van der Waals surface area contributed by atoms with E-state index in [0.29, 0.717) is 35.6 Å². The average molecular weight is 356 g/mol. The Balaban J connectivity index is 1.44.